The first kappa shape index (κ1) is 10.9. The van der Waals surface area contributed by atoms with Gasteiger partial charge in [-0.2, -0.15) is 0 Å². The number of methoxy groups -OCH3 is 1. The van der Waals surface area contributed by atoms with E-state index < -0.39 is 0 Å². The van der Waals surface area contributed by atoms with E-state index in [0.29, 0.717) is 18.8 Å². The van der Waals surface area contributed by atoms with Crippen LogP contribution < -0.4 is 15.0 Å². The molecule has 0 saturated heterocycles. The molecule has 18 heavy (non-hydrogen) atoms. The van der Waals surface area contributed by atoms with Gasteiger partial charge >= 0.3 is 0 Å². The predicted molar refractivity (Wildman–Crippen MR) is 67.8 cm³/mol. The van der Waals surface area contributed by atoms with Crippen molar-refractivity contribution in [3.8, 4) is 17.2 Å². The first-order chi connectivity index (χ1) is 8.79. The van der Waals surface area contributed by atoms with Crippen LogP contribution in [0.5, 0.6) is 11.5 Å². The fourth-order valence-electron chi connectivity index (χ4n) is 2.14. The second kappa shape index (κ2) is 4.22. The summed E-state index contributed by atoms with van der Waals surface area (Å²) in [7, 11) is 1.62. The molecule has 0 unspecified atom stereocenters. The molecule has 1 aliphatic heterocycles. The van der Waals surface area contributed by atoms with E-state index >= 15 is 0 Å². The second-order valence-corrected chi connectivity index (χ2v) is 4.13. The zero-order valence-corrected chi connectivity index (χ0v) is 10.1. The molecule has 1 aliphatic rings. The molecule has 92 valence electrons. The smallest absolute Gasteiger partial charge is 0.262 e. The van der Waals surface area contributed by atoms with Crippen molar-refractivity contribution in [2.24, 2.45) is 0 Å². The molecule has 4 nitrogen and oxygen atoms in total. The van der Waals surface area contributed by atoms with Gasteiger partial charge in [0.15, 0.2) is 0 Å². The Hall–Kier alpha value is -2.23. The summed E-state index contributed by atoms with van der Waals surface area (Å²) in [6, 6.07) is 9.25. The van der Waals surface area contributed by atoms with Crippen LogP contribution in [-0.4, -0.2) is 18.3 Å². The van der Waals surface area contributed by atoms with Gasteiger partial charge in [0, 0.05) is 18.3 Å². The molecule has 0 spiro atoms. The molecule has 0 N–H and O–H groups in total. The Bertz CT molecular complexity index is 628. The molecule has 2 heterocycles. The van der Waals surface area contributed by atoms with Crippen molar-refractivity contribution in [2.75, 3.05) is 13.7 Å². The molecule has 0 fully saturated rings. The summed E-state index contributed by atoms with van der Waals surface area (Å²) in [6.45, 7) is 0.594. The van der Waals surface area contributed by atoms with Gasteiger partial charge in [-0.3, -0.25) is 9.36 Å². The monoisotopic (exact) mass is 243 g/mol. The van der Waals surface area contributed by atoms with Gasteiger partial charge in [0.1, 0.15) is 11.5 Å². The molecule has 0 atom stereocenters. The number of fused-ring (bicyclic) bond motifs is 1. The van der Waals surface area contributed by atoms with Gasteiger partial charge in [-0.05, 0) is 30.3 Å². The minimum atomic E-state index is -0.00448. The number of aromatic nitrogens is 1. The van der Waals surface area contributed by atoms with Crippen LogP contribution in [0.3, 0.4) is 0 Å². The van der Waals surface area contributed by atoms with Crippen molar-refractivity contribution >= 4 is 0 Å². The number of rotatable bonds is 2. The van der Waals surface area contributed by atoms with Gasteiger partial charge in [-0.1, -0.05) is 0 Å². The Morgan fingerprint density at radius 3 is 2.72 bits per heavy atom. The fraction of sp³-hybridized carbons (Fsp3) is 0.214. The van der Waals surface area contributed by atoms with E-state index in [9.17, 15) is 4.79 Å². The lowest BCUT2D eigenvalue weighted by Crippen LogP contribution is -2.20. The van der Waals surface area contributed by atoms with Crippen molar-refractivity contribution < 1.29 is 9.47 Å². The van der Waals surface area contributed by atoms with Gasteiger partial charge in [0.2, 0.25) is 0 Å². The Morgan fingerprint density at radius 2 is 2.00 bits per heavy atom. The molecule has 0 bridgehead atoms. The summed E-state index contributed by atoms with van der Waals surface area (Å²) < 4.78 is 12.1. The average Bonchev–Trinajstić information content (AvgIpc) is 2.89. The summed E-state index contributed by atoms with van der Waals surface area (Å²) in [6.07, 6.45) is 2.43. The lowest BCUT2D eigenvalue weighted by Gasteiger charge is -2.08. The number of pyridine rings is 1. The molecule has 0 radical (unpaired) electrons. The summed E-state index contributed by atoms with van der Waals surface area (Å²) in [4.78, 5) is 12.3. The van der Waals surface area contributed by atoms with E-state index in [1.54, 1.807) is 17.9 Å². The number of benzene rings is 1. The Kier molecular flexibility index (Phi) is 2.55. The molecule has 2 aromatic rings. The lowest BCUT2D eigenvalue weighted by atomic mass is 10.2. The third-order valence-corrected chi connectivity index (χ3v) is 3.11. The van der Waals surface area contributed by atoms with Crippen LogP contribution >= 0.6 is 0 Å². The highest BCUT2D eigenvalue weighted by Crippen LogP contribution is 2.22. The number of hydrogen-bond acceptors (Lipinski definition) is 3. The van der Waals surface area contributed by atoms with Crippen molar-refractivity contribution in [1.82, 2.24) is 4.57 Å². The van der Waals surface area contributed by atoms with Gasteiger partial charge < -0.3 is 9.47 Å². The van der Waals surface area contributed by atoms with Crippen LogP contribution in [0.4, 0.5) is 0 Å². The molecule has 0 saturated carbocycles. The first-order valence-corrected chi connectivity index (χ1v) is 5.81. The molecule has 0 amide bonds. The van der Waals surface area contributed by atoms with Crippen LogP contribution in [0, 0.1) is 0 Å². The van der Waals surface area contributed by atoms with Crippen LogP contribution in [0.1, 0.15) is 5.56 Å². The normalized spacial score (nSPS) is 12.9. The average molecular weight is 243 g/mol. The van der Waals surface area contributed by atoms with Crippen LogP contribution in [0.25, 0.3) is 5.69 Å². The maximum Gasteiger partial charge on any atom is 0.262 e. The second-order valence-electron chi connectivity index (χ2n) is 4.13. The standard InChI is InChI=1S/C14H13NO3/c1-17-11-4-2-10(3-5-11)15-8-6-13-12(14(15)16)7-9-18-13/h2-6,8H,7,9H2,1H3. The van der Waals surface area contributed by atoms with E-state index in [1.807, 2.05) is 30.3 Å². The zero-order chi connectivity index (χ0) is 12.5. The van der Waals surface area contributed by atoms with Gasteiger partial charge in [0.05, 0.1) is 19.3 Å². The quantitative estimate of drug-likeness (QED) is 0.807. The van der Waals surface area contributed by atoms with Crippen LogP contribution in [-0.2, 0) is 6.42 Å². The highest BCUT2D eigenvalue weighted by atomic mass is 16.5. The maximum absolute atomic E-state index is 12.3. The van der Waals surface area contributed by atoms with Crippen LogP contribution in [0.2, 0.25) is 0 Å². The van der Waals surface area contributed by atoms with Gasteiger partial charge in [-0.15, -0.1) is 0 Å². The van der Waals surface area contributed by atoms with Gasteiger partial charge in [-0.25, -0.2) is 0 Å². The van der Waals surface area contributed by atoms with Crippen molar-refractivity contribution in [3.63, 3.8) is 0 Å². The maximum atomic E-state index is 12.3. The summed E-state index contributed by atoms with van der Waals surface area (Å²) in [5, 5.41) is 0. The number of nitrogens with zero attached hydrogens (tertiary/aromatic N) is 1. The first-order valence-electron chi connectivity index (χ1n) is 5.81. The van der Waals surface area contributed by atoms with E-state index in [0.717, 1.165) is 17.0 Å². The summed E-state index contributed by atoms with van der Waals surface area (Å²) >= 11 is 0. The minimum Gasteiger partial charge on any atom is -0.497 e. The minimum absolute atomic E-state index is 0.00448. The van der Waals surface area contributed by atoms with E-state index in [1.165, 1.54) is 0 Å². The topological polar surface area (TPSA) is 40.5 Å². The summed E-state index contributed by atoms with van der Waals surface area (Å²) in [5.74, 6) is 1.49. The molecular formula is C14H13NO3. The molecule has 1 aromatic carbocycles. The SMILES string of the molecule is COc1ccc(-n2ccc3c(c2=O)CCO3)cc1. The third kappa shape index (κ3) is 1.66. The van der Waals surface area contributed by atoms with Crippen molar-refractivity contribution in [2.45, 2.75) is 6.42 Å². The fourth-order valence-corrected chi connectivity index (χ4v) is 2.14. The molecular weight excluding hydrogens is 230 g/mol. The van der Waals surface area contributed by atoms with Gasteiger partial charge in [0.25, 0.3) is 5.56 Å². The molecule has 1 aromatic heterocycles. The highest BCUT2D eigenvalue weighted by Gasteiger charge is 2.17. The lowest BCUT2D eigenvalue weighted by molar-refractivity contribution is 0.356. The third-order valence-electron chi connectivity index (χ3n) is 3.11. The number of ether oxygens (including phenoxy) is 2. The predicted octanol–water partition coefficient (Wildman–Crippen LogP) is 1.78. The summed E-state index contributed by atoms with van der Waals surface area (Å²) in [5.41, 5.74) is 1.58. The Morgan fingerprint density at radius 1 is 1.22 bits per heavy atom. The van der Waals surface area contributed by atoms with Crippen molar-refractivity contribution in [1.29, 1.82) is 0 Å². The molecule has 0 aliphatic carbocycles. The molecule has 4 heteroatoms. The largest absolute Gasteiger partial charge is 0.497 e. The number of hydrogen-bond donors (Lipinski definition) is 0. The Balaban J connectivity index is 2.09. The Labute approximate surface area is 104 Å². The van der Waals surface area contributed by atoms with Crippen LogP contribution in [0.15, 0.2) is 41.3 Å². The highest BCUT2D eigenvalue weighted by molar-refractivity contribution is 5.41. The van der Waals surface area contributed by atoms with E-state index in [4.69, 9.17) is 9.47 Å². The van der Waals surface area contributed by atoms with Crippen molar-refractivity contribution in [3.05, 3.63) is 52.4 Å². The van der Waals surface area contributed by atoms with E-state index in [2.05, 4.69) is 0 Å². The zero-order valence-electron chi connectivity index (χ0n) is 10.1. The molecule has 3 rings (SSSR count). The van der Waals surface area contributed by atoms with E-state index in [-0.39, 0.29) is 5.56 Å².